The highest BCUT2D eigenvalue weighted by molar-refractivity contribution is 9.10. The topological polar surface area (TPSA) is 88.7 Å². The molecule has 0 radical (unpaired) electrons. The van der Waals surface area contributed by atoms with Crippen molar-refractivity contribution in [2.75, 3.05) is 13.2 Å². The molecule has 0 aliphatic heterocycles. The Bertz CT molecular complexity index is 892. The Labute approximate surface area is 183 Å². The Morgan fingerprint density at radius 3 is 2.52 bits per heavy atom. The molecule has 0 bridgehead atoms. The molecule has 2 rings (SSSR count). The van der Waals surface area contributed by atoms with Gasteiger partial charge in [-0.15, -0.1) is 0 Å². The van der Waals surface area contributed by atoms with Crippen LogP contribution in [-0.2, 0) is 4.79 Å². The van der Waals surface area contributed by atoms with Crippen molar-refractivity contribution in [3.05, 3.63) is 58.1 Å². The molecule has 0 saturated heterocycles. The fraction of sp³-hybridized carbons (Fsp3) is 0.250. The van der Waals surface area contributed by atoms with Crippen molar-refractivity contribution in [1.29, 1.82) is 0 Å². The number of thiocarbonyl (C=S) groups is 1. The number of para-hydroxylation sites is 1. The molecule has 0 saturated carbocycles. The van der Waals surface area contributed by atoms with Gasteiger partial charge in [-0.25, -0.2) is 0 Å². The van der Waals surface area contributed by atoms with Gasteiger partial charge in [0.15, 0.2) is 11.7 Å². The van der Waals surface area contributed by atoms with Crippen LogP contribution < -0.4 is 25.6 Å². The summed E-state index contributed by atoms with van der Waals surface area (Å²) in [5, 5.41) is 2.45. The second-order valence-electron chi connectivity index (χ2n) is 6.00. The fourth-order valence-electron chi connectivity index (χ4n) is 2.20. The lowest BCUT2D eigenvalue weighted by Crippen LogP contribution is -2.49. The summed E-state index contributed by atoms with van der Waals surface area (Å²) in [7, 11) is 0. The molecule has 2 aromatic rings. The van der Waals surface area contributed by atoms with Crippen molar-refractivity contribution in [3.63, 3.8) is 0 Å². The first kappa shape index (κ1) is 22.6. The number of hydrazine groups is 1. The number of hydrogen-bond donors (Lipinski definition) is 3. The normalized spacial score (nSPS) is 10.0. The van der Waals surface area contributed by atoms with Crippen LogP contribution in [0.3, 0.4) is 0 Å². The van der Waals surface area contributed by atoms with Gasteiger partial charge in [0.2, 0.25) is 0 Å². The predicted octanol–water partition coefficient (Wildman–Crippen LogP) is 3.26. The third kappa shape index (κ3) is 7.35. The largest absolute Gasteiger partial charge is 0.492 e. The van der Waals surface area contributed by atoms with Gasteiger partial charge in [-0.05, 0) is 71.3 Å². The summed E-state index contributed by atoms with van der Waals surface area (Å²) in [4.78, 5) is 24.2. The summed E-state index contributed by atoms with van der Waals surface area (Å²) in [5.41, 5.74) is 6.16. The smallest absolute Gasteiger partial charge is 0.276 e. The quantitative estimate of drug-likeness (QED) is 0.417. The molecule has 9 heteroatoms. The zero-order chi connectivity index (χ0) is 21.2. The van der Waals surface area contributed by atoms with Crippen molar-refractivity contribution in [3.8, 4) is 11.5 Å². The average Bonchev–Trinajstić information content (AvgIpc) is 2.70. The van der Waals surface area contributed by atoms with Crippen LogP contribution in [0.15, 0.2) is 46.9 Å². The Morgan fingerprint density at radius 2 is 1.83 bits per heavy atom. The number of nitrogens with one attached hydrogen (secondary N) is 3. The standard InChI is InChI=1S/C20H22BrN3O4S/c1-3-10-27-17-9-8-14(11-15(17)21)19(26)22-20(29)24-23-18(25)12-28-16-7-5-4-6-13(16)2/h4-9,11H,3,10,12H2,1-2H3,(H,23,25)(H2,22,24,26,29). The van der Waals surface area contributed by atoms with E-state index in [1.165, 1.54) is 0 Å². The Hall–Kier alpha value is -2.65. The number of rotatable bonds is 7. The van der Waals surface area contributed by atoms with Crippen LogP contribution in [0.2, 0.25) is 0 Å². The van der Waals surface area contributed by atoms with Crippen LogP contribution in [0.4, 0.5) is 0 Å². The molecular weight excluding hydrogens is 458 g/mol. The van der Waals surface area contributed by atoms with Crippen molar-refractivity contribution in [2.45, 2.75) is 20.3 Å². The van der Waals surface area contributed by atoms with Crippen LogP contribution in [0.25, 0.3) is 0 Å². The Morgan fingerprint density at radius 1 is 1.07 bits per heavy atom. The summed E-state index contributed by atoms with van der Waals surface area (Å²) in [6.07, 6.45) is 0.885. The second kappa shape index (κ2) is 11.4. The minimum Gasteiger partial charge on any atom is -0.492 e. The third-order valence-corrected chi connectivity index (χ3v) is 4.47. The summed E-state index contributed by atoms with van der Waals surface area (Å²) in [5.74, 6) is 0.418. The van der Waals surface area contributed by atoms with E-state index in [0.717, 1.165) is 12.0 Å². The molecule has 2 amide bonds. The molecule has 0 unspecified atom stereocenters. The molecule has 0 spiro atoms. The lowest BCUT2D eigenvalue weighted by Gasteiger charge is -2.13. The summed E-state index contributed by atoms with van der Waals surface area (Å²) in [6, 6.07) is 12.3. The minimum atomic E-state index is -0.440. The Balaban J connectivity index is 1.78. The van der Waals surface area contributed by atoms with Crippen LogP contribution in [0, 0.1) is 6.92 Å². The summed E-state index contributed by atoms with van der Waals surface area (Å²) < 4.78 is 11.7. The van der Waals surface area contributed by atoms with E-state index in [9.17, 15) is 9.59 Å². The highest BCUT2D eigenvalue weighted by Gasteiger charge is 2.12. The van der Waals surface area contributed by atoms with E-state index in [1.807, 2.05) is 32.0 Å². The lowest BCUT2D eigenvalue weighted by molar-refractivity contribution is -0.123. The third-order valence-electron chi connectivity index (χ3n) is 3.65. The van der Waals surface area contributed by atoms with Crippen molar-refractivity contribution >= 4 is 45.1 Å². The van der Waals surface area contributed by atoms with Crippen molar-refractivity contribution in [2.24, 2.45) is 0 Å². The number of benzene rings is 2. The number of aryl methyl sites for hydroxylation is 1. The maximum absolute atomic E-state index is 12.3. The highest BCUT2D eigenvalue weighted by atomic mass is 79.9. The zero-order valence-corrected chi connectivity index (χ0v) is 18.5. The molecule has 0 aromatic heterocycles. The molecule has 3 N–H and O–H groups in total. The van der Waals surface area contributed by atoms with Gasteiger partial charge >= 0.3 is 0 Å². The molecule has 0 atom stereocenters. The number of amides is 2. The molecule has 0 heterocycles. The Kier molecular flexibility index (Phi) is 8.88. The fourth-order valence-corrected chi connectivity index (χ4v) is 2.84. The summed E-state index contributed by atoms with van der Waals surface area (Å²) in [6.45, 7) is 4.29. The van der Waals surface area contributed by atoms with Gasteiger partial charge in [0.1, 0.15) is 11.5 Å². The lowest BCUT2D eigenvalue weighted by atomic mass is 10.2. The molecule has 29 heavy (non-hydrogen) atoms. The van der Waals surface area contributed by atoms with Gasteiger partial charge in [0.25, 0.3) is 11.8 Å². The molecular formula is C20H22BrN3O4S. The van der Waals surface area contributed by atoms with Crippen molar-refractivity contribution in [1.82, 2.24) is 16.2 Å². The zero-order valence-electron chi connectivity index (χ0n) is 16.1. The summed E-state index contributed by atoms with van der Waals surface area (Å²) >= 11 is 8.41. The number of carbonyl (C=O) groups excluding carboxylic acids is 2. The van der Waals surface area contributed by atoms with Gasteiger partial charge in [-0.1, -0.05) is 25.1 Å². The minimum absolute atomic E-state index is 0.0401. The van der Waals surface area contributed by atoms with E-state index >= 15 is 0 Å². The monoisotopic (exact) mass is 479 g/mol. The first-order valence-corrected chi connectivity index (χ1v) is 10.1. The van der Waals surface area contributed by atoms with E-state index in [-0.39, 0.29) is 11.7 Å². The van der Waals surface area contributed by atoms with E-state index < -0.39 is 11.8 Å². The van der Waals surface area contributed by atoms with Gasteiger partial charge < -0.3 is 9.47 Å². The molecule has 0 aliphatic carbocycles. The highest BCUT2D eigenvalue weighted by Crippen LogP contribution is 2.26. The van der Waals surface area contributed by atoms with Gasteiger partial charge in [-0.3, -0.25) is 25.8 Å². The van der Waals surface area contributed by atoms with Crippen LogP contribution in [0.5, 0.6) is 11.5 Å². The SMILES string of the molecule is CCCOc1ccc(C(=O)NC(=S)NNC(=O)COc2ccccc2C)cc1Br. The van der Waals surface area contributed by atoms with Gasteiger partial charge in [0.05, 0.1) is 11.1 Å². The number of halogens is 1. The molecule has 7 nitrogen and oxygen atoms in total. The van der Waals surface area contributed by atoms with E-state index in [1.54, 1.807) is 24.3 Å². The molecule has 0 aliphatic rings. The molecule has 2 aromatic carbocycles. The number of ether oxygens (including phenoxy) is 2. The van der Waals surface area contributed by atoms with Crippen LogP contribution in [0.1, 0.15) is 29.3 Å². The number of hydrogen-bond acceptors (Lipinski definition) is 5. The van der Waals surface area contributed by atoms with E-state index in [2.05, 4.69) is 32.1 Å². The van der Waals surface area contributed by atoms with Crippen LogP contribution in [-0.4, -0.2) is 30.1 Å². The van der Waals surface area contributed by atoms with E-state index in [4.69, 9.17) is 21.7 Å². The maximum Gasteiger partial charge on any atom is 0.276 e. The maximum atomic E-state index is 12.3. The van der Waals surface area contributed by atoms with Crippen LogP contribution >= 0.6 is 28.1 Å². The number of carbonyl (C=O) groups is 2. The molecule has 0 fully saturated rings. The van der Waals surface area contributed by atoms with E-state index in [0.29, 0.717) is 28.1 Å². The predicted molar refractivity (Wildman–Crippen MR) is 118 cm³/mol. The van der Waals surface area contributed by atoms with Crippen molar-refractivity contribution < 1.29 is 19.1 Å². The first-order valence-electron chi connectivity index (χ1n) is 8.91. The molecule has 154 valence electrons. The second-order valence-corrected chi connectivity index (χ2v) is 7.27. The average molecular weight is 480 g/mol. The van der Waals surface area contributed by atoms with Gasteiger partial charge in [0, 0.05) is 5.56 Å². The van der Waals surface area contributed by atoms with Gasteiger partial charge in [-0.2, -0.15) is 0 Å². The first-order chi connectivity index (χ1) is 13.9.